The molecule has 0 aliphatic carbocycles. The molecule has 0 unspecified atom stereocenters. The Labute approximate surface area is 313 Å². The summed E-state index contributed by atoms with van der Waals surface area (Å²) >= 11 is 0. The Hall–Kier alpha value is -5.37. The van der Waals surface area contributed by atoms with E-state index < -0.39 is 18.0 Å². The Morgan fingerprint density at radius 3 is 2.30 bits per heavy atom. The zero-order valence-electron chi connectivity index (χ0n) is 31.4. The molecule has 0 aromatic heterocycles. The van der Waals surface area contributed by atoms with E-state index in [1.54, 1.807) is 6.07 Å². The van der Waals surface area contributed by atoms with Crippen LogP contribution in [0.1, 0.15) is 55.5 Å². The van der Waals surface area contributed by atoms with Crippen LogP contribution in [0.2, 0.25) is 0 Å². The first kappa shape index (κ1) is 40.4. The molecule has 4 aromatic rings. The molecule has 10 nitrogen and oxygen atoms in total. The molecule has 280 valence electrons. The fourth-order valence-electron chi connectivity index (χ4n) is 5.36. The van der Waals surface area contributed by atoms with E-state index in [1.165, 1.54) is 5.56 Å². The minimum atomic E-state index is -0.911. The lowest BCUT2D eigenvalue weighted by Gasteiger charge is -2.19. The van der Waals surface area contributed by atoms with Gasteiger partial charge in [-0.25, -0.2) is 9.59 Å². The minimum Gasteiger partial charge on any atom is -0.489 e. The van der Waals surface area contributed by atoms with Crippen molar-refractivity contribution in [2.24, 2.45) is 11.8 Å². The van der Waals surface area contributed by atoms with Crippen molar-refractivity contribution in [1.82, 2.24) is 16.0 Å². The van der Waals surface area contributed by atoms with Gasteiger partial charge in [0.2, 0.25) is 0 Å². The standard InChI is InChI=1S/C43H52N4O6/c1-30(2)25-50-29-40(42(48)53-26-31(3)4)47-43(49)46-20-19-45-24-36-17-18-38(22-41(36)52-27-34-12-9-11-33(21-34)23-44)51-28-37-15-10-16-39(32(37)5)35-13-7-6-8-14-35/h6-18,21-22,30-31,40,45H,19-20,24-29H2,1-5H3,(H2,46,47,49)/t40-/m0/s1. The topological polar surface area (TPSA) is 131 Å². The molecule has 3 N–H and O–H groups in total. The van der Waals surface area contributed by atoms with Gasteiger partial charge in [-0.1, -0.05) is 94.4 Å². The maximum atomic E-state index is 12.7. The van der Waals surface area contributed by atoms with Gasteiger partial charge < -0.3 is 34.9 Å². The number of esters is 1. The molecule has 53 heavy (non-hydrogen) atoms. The lowest BCUT2D eigenvalue weighted by Crippen LogP contribution is -2.50. The number of nitriles is 1. The van der Waals surface area contributed by atoms with Crippen LogP contribution in [0, 0.1) is 30.1 Å². The highest BCUT2D eigenvalue weighted by Crippen LogP contribution is 2.29. The average molecular weight is 721 g/mol. The van der Waals surface area contributed by atoms with Gasteiger partial charge in [0.25, 0.3) is 0 Å². The van der Waals surface area contributed by atoms with E-state index >= 15 is 0 Å². The van der Waals surface area contributed by atoms with Crippen molar-refractivity contribution in [3.8, 4) is 28.7 Å². The summed E-state index contributed by atoms with van der Waals surface area (Å²) in [7, 11) is 0. The van der Waals surface area contributed by atoms with E-state index in [1.807, 2.05) is 88.4 Å². The molecule has 0 bridgehead atoms. The van der Waals surface area contributed by atoms with Gasteiger partial charge in [-0.3, -0.25) is 0 Å². The smallest absolute Gasteiger partial charge is 0.331 e. The van der Waals surface area contributed by atoms with E-state index in [0.717, 1.165) is 27.8 Å². The van der Waals surface area contributed by atoms with Crippen molar-refractivity contribution in [2.75, 3.05) is 32.9 Å². The summed E-state index contributed by atoms with van der Waals surface area (Å²) in [4.78, 5) is 25.3. The zero-order valence-corrected chi connectivity index (χ0v) is 31.4. The molecule has 4 rings (SSSR count). The van der Waals surface area contributed by atoms with Crippen molar-refractivity contribution in [3.63, 3.8) is 0 Å². The fraction of sp³-hybridized carbons (Fsp3) is 0.372. The third-order valence-electron chi connectivity index (χ3n) is 8.20. The van der Waals surface area contributed by atoms with Gasteiger partial charge in [0, 0.05) is 37.9 Å². The fourth-order valence-corrected chi connectivity index (χ4v) is 5.36. The molecule has 10 heteroatoms. The van der Waals surface area contributed by atoms with Gasteiger partial charge in [-0.2, -0.15) is 5.26 Å². The van der Waals surface area contributed by atoms with Gasteiger partial charge in [-0.05, 0) is 64.8 Å². The van der Waals surface area contributed by atoms with Crippen LogP contribution in [-0.4, -0.2) is 51.0 Å². The molecule has 0 saturated carbocycles. The summed E-state index contributed by atoms with van der Waals surface area (Å²) < 4.78 is 23.6. The Kier molecular flexibility index (Phi) is 16.2. The summed E-state index contributed by atoms with van der Waals surface area (Å²) in [5.41, 5.74) is 6.92. The second kappa shape index (κ2) is 21.2. The molecule has 2 amide bonds. The molecular formula is C43H52N4O6. The molecule has 0 heterocycles. The Morgan fingerprint density at radius 1 is 0.774 bits per heavy atom. The molecular weight excluding hydrogens is 668 g/mol. The van der Waals surface area contributed by atoms with Crippen LogP contribution < -0.4 is 25.4 Å². The molecule has 0 spiro atoms. The number of rotatable bonds is 20. The number of hydrogen-bond acceptors (Lipinski definition) is 8. The van der Waals surface area contributed by atoms with E-state index in [-0.39, 0.29) is 25.7 Å². The second-order valence-electron chi connectivity index (χ2n) is 13.7. The van der Waals surface area contributed by atoms with Crippen LogP contribution in [-0.2, 0) is 34.0 Å². The molecule has 0 saturated heterocycles. The van der Waals surface area contributed by atoms with E-state index in [4.69, 9.17) is 18.9 Å². The molecule has 0 radical (unpaired) electrons. The molecule has 0 fully saturated rings. The summed E-state index contributed by atoms with van der Waals surface area (Å²) in [5, 5.41) is 18.2. The average Bonchev–Trinajstić information content (AvgIpc) is 3.16. The summed E-state index contributed by atoms with van der Waals surface area (Å²) in [6.07, 6.45) is 0. The summed E-state index contributed by atoms with van der Waals surface area (Å²) in [5.74, 6) is 1.25. The molecule has 0 aliphatic heterocycles. The first-order chi connectivity index (χ1) is 25.6. The predicted octanol–water partition coefficient (Wildman–Crippen LogP) is 7.32. The number of benzene rings is 4. The van der Waals surface area contributed by atoms with Gasteiger partial charge in [0.05, 0.1) is 24.8 Å². The van der Waals surface area contributed by atoms with Gasteiger partial charge in [0.1, 0.15) is 24.7 Å². The first-order valence-electron chi connectivity index (χ1n) is 18.1. The van der Waals surface area contributed by atoms with Crippen molar-refractivity contribution in [2.45, 2.75) is 60.4 Å². The third kappa shape index (κ3) is 13.6. The number of carbonyl (C=O) groups is 2. The van der Waals surface area contributed by atoms with Gasteiger partial charge >= 0.3 is 12.0 Å². The van der Waals surface area contributed by atoms with Crippen LogP contribution in [0.5, 0.6) is 11.5 Å². The van der Waals surface area contributed by atoms with Crippen LogP contribution in [0.4, 0.5) is 4.79 Å². The van der Waals surface area contributed by atoms with Crippen LogP contribution in [0.3, 0.4) is 0 Å². The highest BCUT2D eigenvalue weighted by molar-refractivity contribution is 5.83. The number of urea groups is 1. The van der Waals surface area contributed by atoms with Crippen molar-refractivity contribution in [3.05, 3.63) is 119 Å². The lowest BCUT2D eigenvalue weighted by atomic mass is 9.97. The predicted molar refractivity (Wildman–Crippen MR) is 206 cm³/mol. The Morgan fingerprint density at radius 2 is 1.55 bits per heavy atom. The number of nitrogens with one attached hydrogen (secondary N) is 3. The number of hydrogen-bond donors (Lipinski definition) is 3. The molecule has 0 aliphatic rings. The van der Waals surface area contributed by atoms with Crippen molar-refractivity contribution in [1.29, 1.82) is 5.26 Å². The van der Waals surface area contributed by atoms with Gasteiger partial charge in [0.15, 0.2) is 6.04 Å². The number of carbonyl (C=O) groups excluding carboxylic acids is 2. The Balaban J connectivity index is 1.36. The highest BCUT2D eigenvalue weighted by Gasteiger charge is 2.23. The maximum absolute atomic E-state index is 12.7. The third-order valence-corrected chi connectivity index (χ3v) is 8.20. The van der Waals surface area contributed by atoms with Gasteiger partial charge in [-0.15, -0.1) is 0 Å². The number of ether oxygens (including phenoxy) is 4. The number of nitrogens with zero attached hydrogens (tertiary/aromatic N) is 1. The normalized spacial score (nSPS) is 11.5. The summed E-state index contributed by atoms with van der Waals surface area (Å²) in [6, 6.07) is 30.4. The van der Waals surface area contributed by atoms with Crippen molar-refractivity contribution < 1.29 is 28.5 Å². The largest absolute Gasteiger partial charge is 0.489 e. The minimum absolute atomic E-state index is 0.0315. The summed E-state index contributed by atoms with van der Waals surface area (Å²) in [6.45, 7) is 12.7. The van der Waals surface area contributed by atoms with E-state index in [2.05, 4.69) is 53.2 Å². The van der Waals surface area contributed by atoms with E-state index in [0.29, 0.717) is 55.8 Å². The van der Waals surface area contributed by atoms with Crippen molar-refractivity contribution >= 4 is 12.0 Å². The number of amides is 2. The monoisotopic (exact) mass is 720 g/mol. The molecule has 4 aromatic carbocycles. The quantitative estimate of drug-likeness (QED) is 0.0640. The van der Waals surface area contributed by atoms with E-state index in [9.17, 15) is 14.9 Å². The Bertz CT molecular complexity index is 1800. The second-order valence-corrected chi connectivity index (χ2v) is 13.7. The maximum Gasteiger partial charge on any atom is 0.331 e. The van der Waals surface area contributed by atoms with Crippen LogP contribution in [0.25, 0.3) is 11.1 Å². The lowest BCUT2D eigenvalue weighted by molar-refractivity contribution is -0.148. The molecule has 1 atom stereocenters. The van der Waals surface area contributed by atoms with Crippen LogP contribution in [0.15, 0.2) is 91.0 Å². The van der Waals surface area contributed by atoms with Crippen LogP contribution >= 0.6 is 0 Å². The first-order valence-corrected chi connectivity index (χ1v) is 18.1. The SMILES string of the molecule is Cc1c(COc2ccc(CNCCNC(=O)N[C@@H](COCC(C)C)C(=O)OCC(C)C)c(OCc3cccc(C#N)c3)c2)cccc1-c1ccccc1. The highest BCUT2D eigenvalue weighted by atomic mass is 16.5. The zero-order chi connectivity index (χ0) is 38.0.